The van der Waals surface area contributed by atoms with Gasteiger partial charge in [0.15, 0.2) is 5.52 Å². The molecule has 3 aromatic rings. The van der Waals surface area contributed by atoms with Gasteiger partial charge >= 0.3 is 11.8 Å². The van der Waals surface area contributed by atoms with Crippen LogP contribution in [0, 0.1) is 10.1 Å². The van der Waals surface area contributed by atoms with Crippen molar-refractivity contribution < 1.29 is 28.6 Å². The molecule has 2 bridgehead atoms. The highest BCUT2D eigenvalue weighted by Crippen LogP contribution is 2.36. The van der Waals surface area contributed by atoms with Gasteiger partial charge in [0, 0.05) is 43.6 Å². The van der Waals surface area contributed by atoms with E-state index in [-0.39, 0.29) is 17.3 Å². The van der Waals surface area contributed by atoms with Crippen molar-refractivity contribution in [2.24, 2.45) is 0 Å². The molecule has 1 aromatic heterocycles. The number of anilines is 2. The molecule has 1 amide bonds. The molecule has 2 saturated heterocycles. The summed E-state index contributed by atoms with van der Waals surface area (Å²) in [6.45, 7) is 1.89. The molecule has 13 heteroatoms. The summed E-state index contributed by atoms with van der Waals surface area (Å²) >= 11 is 0. The maximum Gasteiger partial charge on any atom is 0.412 e. The number of nitro benzene ring substituents is 1. The molecular weight excluding hydrogens is 592 g/mol. The van der Waals surface area contributed by atoms with Crippen molar-refractivity contribution in [3.63, 3.8) is 0 Å². The second-order valence-electron chi connectivity index (χ2n) is 12.3. The average Bonchev–Trinajstić information content (AvgIpc) is 3.54. The zero-order valence-electron chi connectivity index (χ0n) is 26.9. The van der Waals surface area contributed by atoms with Crippen molar-refractivity contribution >= 4 is 34.2 Å². The number of non-ortho nitro benzene ring substituents is 1. The number of nitro groups is 1. The Hall–Kier alpha value is -4.13. The quantitative estimate of drug-likeness (QED) is 0.0868. The number of aromatic nitrogens is 2. The summed E-state index contributed by atoms with van der Waals surface area (Å²) in [5.41, 5.74) is 1.70. The number of rotatable bonds is 17. The third kappa shape index (κ3) is 8.56. The Kier molecular flexibility index (Phi) is 11.9. The number of methoxy groups -OCH3 is 2. The van der Waals surface area contributed by atoms with Gasteiger partial charge in [0.25, 0.3) is 0 Å². The lowest BCUT2D eigenvalue weighted by Crippen LogP contribution is -2.54. The summed E-state index contributed by atoms with van der Waals surface area (Å²) in [5, 5.41) is 24.8. The maximum absolute atomic E-state index is 12.8. The zero-order valence-corrected chi connectivity index (χ0v) is 26.9. The van der Waals surface area contributed by atoms with Gasteiger partial charge in [-0.15, -0.1) is 0 Å². The van der Waals surface area contributed by atoms with E-state index in [4.69, 9.17) is 18.8 Å². The van der Waals surface area contributed by atoms with Gasteiger partial charge in [-0.3, -0.25) is 20.3 Å². The Balaban J connectivity index is 0.932. The van der Waals surface area contributed by atoms with E-state index in [0.29, 0.717) is 40.5 Å². The lowest BCUT2D eigenvalue weighted by molar-refractivity contribution is -0.383. The van der Waals surface area contributed by atoms with E-state index < -0.39 is 11.0 Å². The van der Waals surface area contributed by atoms with Crippen molar-refractivity contribution in [2.75, 3.05) is 37.9 Å². The van der Waals surface area contributed by atoms with Crippen LogP contribution in [0.25, 0.3) is 11.0 Å². The fourth-order valence-corrected chi connectivity index (χ4v) is 6.94. The number of carbonyl (C=O) groups excluding carboxylic acids is 1. The van der Waals surface area contributed by atoms with Crippen LogP contribution in [0.1, 0.15) is 83.5 Å². The number of ether oxygens (including phenoxy) is 3. The molecule has 46 heavy (non-hydrogen) atoms. The van der Waals surface area contributed by atoms with Crippen LogP contribution in [0.5, 0.6) is 11.5 Å². The number of hydrogen-bond acceptors (Lipinski definition) is 11. The summed E-state index contributed by atoms with van der Waals surface area (Å²) in [7, 11) is 3.16. The van der Waals surface area contributed by atoms with Gasteiger partial charge in [-0.1, -0.05) is 44.9 Å². The molecule has 2 aromatic carbocycles. The number of hydrogen-bond donors (Lipinski definition) is 2. The third-order valence-electron chi connectivity index (χ3n) is 9.25. The van der Waals surface area contributed by atoms with Gasteiger partial charge < -0.3 is 19.5 Å². The zero-order chi connectivity index (χ0) is 32.3. The molecule has 13 nitrogen and oxygen atoms in total. The van der Waals surface area contributed by atoms with Gasteiger partial charge in [-0.2, -0.15) is 0 Å². The number of fused-ring (bicyclic) bond motifs is 3. The molecule has 3 heterocycles. The lowest BCUT2D eigenvalue weighted by atomic mass is 9.82. The average molecular weight is 639 g/mol. The Morgan fingerprint density at radius 3 is 2.33 bits per heavy atom. The van der Waals surface area contributed by atoms with E-state index in [0.717, 1.165) is 38.8 Å². The molecule has 0 spiro atoms. The molecule has 0 saturated carbocycles. The fourth-order valence-electron chi connectivity index (χ4n) is 6.94. The van der Waals surface area contributed by atoms with E-state index in [9.17, 15) is 14.9 Å². The summed E-state index contributed by atoms with van der Waals surface area (Å²) in [4.78, 5) is 26.1. The molecule has 0 aliphatic carbocycles. The summed E-state index contributed by atoms with van der Waals surface area (Å²) < 4.78 is 21.3. The minimum absolute atomic E-state index is 0.0761. The SMILES string of the molecule is COc1ccc(OC)c(NC(=O)OC2CC3CCCC(C2)N3CCCCCCCCCCNc2ccc([N+](=O)[O-])c3nonc23)c1. The summed E-state index contributed by atoms with van der Waals surface area (Å²) in [6, 6.07) is 9.34. The van der Waals surface area contributed by atoms with Crippen molar-refractivity contribution in [2.45, 2.75) is 102 Å². The van der Waals surface area contributed by atoms with Crippen LogP contribution in [0.3, 0.4) is 0 Å². The summed E-state index contributed by atoms with van der Waals surface area (Å²) in [5.74, 6) is 1.20. The van der Waals surface area contributed by atoms with Crippen LogP contribution in [-0.4, -0.2) is 71.7 Å². The van der Waals surface area contributed by atoms with Crippen molar-refractivity contribution in [1.29, 1.82) is 0 Å². The molecule has 250 valence electrons. The highest BCUT2D eigenvalue weighted by molar-refractivity contribution is 5.93. The number of unbranched alkanes of at least 4 members (excludes halogenated alkanes) is 7. The van der Waals surface area contributed by atoms with E-state index in [2.05, 4.69) is 25.8 Å². The summed E-state index contributed by atoms with van der Waals surface area (Å²) in [6.07, 6.45) is 14.3. The number of nitrogens with one attached hydrogen (secondary N) is 2. The molecular formula is C33H46N6O7. The molecule has 2 fully saturated rings. The fraction of sp³-hybridized carbons (Fsp3) is 0.606. The normalized spacial score (nSPS) is 19.5. The van der Waals surface area contributed by atoms with Gasteiger partial charge in [0.2, 0.25) is 5.52 Å². The van der Waals surface area contributed by atoms with Crippen LogP contribution < -0.4 is 20.1 Å². The van der Waals surface area contributed by atoms with Gasteiger partial charge in [-0.25, -0.2) is 9.42 Å². The molecule has 0 radical (unpaired) electrons. The smallest absolute Gasteiger partial charge is 0.412 e. The van der Waals surface area contributed by atoms with Crippen molar-refractivity contribution in [1.82, 2.24) is 15.2 Å². The topological polar surface area (TPSA) is 154 Å². The van der Waals surface area contributed by atoms with E-state index in [1.807, 2.05) is 0 Å². The number of benzene rings is 2. The highest BCUT2D eigenvalue weighted by Gasteiger charge is 2.39. The largest absolute Gasteiger partial charge is 0.497 e. The second kappa shape index (κ2) is 16.4. The molecule has 5 rings (SSSR count). The molecule has 2 unspecified atom stereocenters. The predicted octanol–water partition coefficient (Wildman–Crippen LogP) is 7.32. The predicted molar refractivity (Wildman–Crippen MR) is 175 cm³/mol. The van der Waals surface area contributed by atoms with Crippen LogP contribution in [0.15, 0.2) is 35.0 Å². The van der Waals surface area contributed by atoms with E-state index in [1.54, 1.807) is 38.5 Å². The van der Waals surface area contributed by atoms with Crippen molar-refractivity contribution in [3.05, 3.63) is 40.4 Å². The Labute approximate surface area is 269 Å². The monoisotopic (exact) mass is 638 g/mol. The van der Waals surface area contributed by atoms with Crippen LogP contribution >= 0.6 is 0 Å². The molecule has 2 N–H and O–H groups in total. The molecule has 2 aliphatic heterocycles. The minimum Gasteiger partial charge on any atom is -0.497 e. The van der Waals surface area contributed by atoms with Gasteiger partial charge in [0.05, 0.1) is 30.5 Å². The lowest BCUT2D eigenvalue weighted by Gasteiger charge is -2.48. The highest BCUT2D eigenvalue weighted by atomic mass is 16.6. The first kappa shape index (κ1) is 33.2. The van der Waals surface area contributed by atoms with E-state index in [1.165, 1.54) is 63.9 Å². The Morgan fingerprint density at radius 1 is 0.935 bits per heavy atom. The second-order valence-corrected chi connectivity index (χ2v) is 12.3. The Morgan fingerprint density at radius 2 is 1.63 bits per heavy atom. The molecule has 2 atom stereocenters. The van der Waals surface area contributed by atoms with Gasteiger partial charge in [0.1, 0.15) is 17.6 Å². The third-order valence-corrected chi connectivity index (χ3v) is 9.25. The van der Waals surface area contributed by atoms with E-state index >= 15 is 0 Å². The van der Waals surface area contributed by atoms with Crippen LogP contribution in [-0.2, 0) is 4.74 Å². The number of carbonyl (C=O) groups is 1. The standard InChI is InChI=1S/C33H46N6O7/c1-43-25-14-17-30(44-2)28(22-25)35-33(40)45-26-20-23-12-11-13-24(21-26)38(23)19-10-8-6-4-3-5-7-9-18-34-27-15-16-29(39(41)42)32-31(27)36-46-37-32/h14-17,22-24,26,34H,3-13,18-21H2,1-2H3,(H,35,40). The van der Waals surface area contributed by atoms with Crippen LogP contribution in [0.2, 0.25) is 0 Å². The number of nitrogens with zero attached hydrogens (tertiary/aromatic N) is 4. The van der Waals surface area contributed by atoms with Crippen LogP contribution in [0.4, 0.5) is 21.9 Å². The first-order chi connectivity index (χ1) is 22.5. The van der Waals surface area contributed by atoms with Crippen molar-refractivity contribution in [3.8, 4) is 11.5 Å². The Bertz CT molecular complexity index is 1440. The molecule has 2 aliphatic rings. The number of amides is 1. The minimum atomic E-state index is -0.479. The maximum atomic E-state index is 12.8. The first-order valence-corrected chi connectivity index (χ1v) is 16.6. The first-order valence-electron chi connectivity index (χ1n) is 16.6. The van der Waals surface area contributed by atoms with Gasteiger partial charge in [-0.05, 0) is 60.7 Å². The number of piperidine rings is 2.